The monoisotopic (exact) mass is 529 g/mol. The molecule has 1 aromatic carbocycles. The SMILES string of the molecule is CCCCCCCC[N+](C)(CC#CBr)CCCCCCCC.O=S(=O)([O-])c1ccccc1. The van der Waals surface area contributed by atoms with Crippen LogP contribution in [0.3, 0.4) is 0 Å². The lowest BCUT2D eigenvalue weighted by Crippen LogP contribution is -2.45. The first-order valence-corrected chi connectivity index (χ1v) is 14.4. The van der Waals surface area contributed by atoms with E-state index in [2.05, 4.69) is 47.6 Å². The van der Waals surface area contributed by atoms with E-state index in [1.165, 1.54) is 114 Å². The molecule has 0 spiro atoms. The first kappa shape index (κ1) is 31.1. The molecule has 0 saturated carbocycles. The second kappa shape index (κ2) is 19.6. The number of hydrogen-bond acceptors (Lipinski definition) is 3. The minimum Gasteiger partial charge on any atom is -0.744 e. The Balaban J connectivity index is 0.000000792. The summed E-state index contributed by atoms with van der Waals surface area (Å²) < 4.78 is 32.0. The van der Waals surface area contributed by atoms with Gasteiger partial charge in [-0.15, -0.1) is 0 Å². The van der Waals surface area contributed by atoms with E-state index >= 15 is 0 Å². The van der Waals surface area contributed by atoms with Gasteiger partial charge in [-0.3, -0.25) is 0 Å². The van der Waals surface area contributed by atoms with E-state index in [9.17, 15) is 13.0 Å². The molecular formula is C26H44BrNO3S. The molecule has 0 aromatic heterocycles. The van der Waals surface area contributed by atoms with Crippen LogP contribution in [-0.2, 0) is 10.1 Å². The van der Waals surface area contributed by atoms with Gasteiger partial charge in [-0.1, -0.05) is 83.4 Å². The molecule has 1 rings (SSSR count). The molecule has 4 nitrogen and oxygen atoms in total. The third-order valence-corrected chi connectivity index (χ3v) is 6.79. The quantitative estimate of drug-likeness (QED) is 0.0991. The van der Waals surface area contributed by atoms with Crippen LogP contribution in [0.1, 0.15) is 90.9 Å². The van der Waals surface area contributed by atoms with Crippen LogP contribution in [-0.4, -0.2) is 44.1 Å². The summed E-state index contributed by atoms with van der Waals surface area (Å²) in [4.78, 5) is 2.72. The lowest BCUT2D eigenvalue weighted by atomic mass is 10.1. The van der Waals surface area contributed by atoms with Crippen molar-refractivity contribution >= 4 is 26.0 Å². The zero-order valence-corrected chi connectivity index (χ0v) is 22.9. The molecule has 0 heterocycles. The maximum atomic E-state index is 10.3. The highest BCUT2D eigenvalue weighted by atomic mass is 79.9. The van der Waals surface area contributed by atoms with Crippen molar-refractivity contribution < 1.29 is 17.5 Å². The van der Waals surface area contributed by atoms with E-state index < -0.39 is 10.1 Å². The third-order valence-electron chi connectivity index (χ3n) is 5.66. The van der Waals surface area contributed by atoms with Gasteiger partial charge in [-0.25, -0.2) is 8.42 Å². The van der Waals surface area contributed by atoms with Gasteiger partial charge >= 0.3 is 0 Å². The van der Waals surface area contributed by atoms with Gasteiger partial charge in [0.25, 0.3) is 0 Å². The second-order valence-electron chi connectivity index (χ2n) is 8.80. The molecule has 0 atom stereocenters. The first-order chi connectivity index (χ1) is 15.3. The zero-order chi connectivity index (χ0) is 24.1. The van der Waals surface area contributed by atoms with Crippen LogP contribution in [0.5, 0.6) is 0 Å². The Morgan fingerprint density at radius 2 is 1.25 bits per heavy atom. The number of quaternary nitrogens is 1. The highest BCUT2D eigenvalue weighted by molar-refractivity contribution is 9.12. The molecule has 0 aliphatic carbocycles. The number of benzene rings is 1. The van der Waals surface area contributed by atoms with Crippen LogP contribution in [0, 0.1) is 10.8 Å². The molecule has 0 radical (unpaired) electrons. The van der Waals surface area contributed by atoms with Crippen LogP contribution in [0.25, 0.3) is 0 Å². The van der Waals surface area contributed by atoms with Crippen molar-refractivity contribution in [1.29, 1.82) is 0 Å². The Morgan fingerprint density at radius 3 is 1.62 bits per heavy atom. The maximum absolute atomic E-state index is 10.3. The van der Waals surface area contributed by atoms with Gasteiger partial charge in [-0.2, -0.15) is 0 Å². The third kappa shape index (κ3) is 17.7. The fourth-order valence-electron chi connectivity index (χ4n) is 3.63. The van der Waals surface area contributed by atoms with E-state index in [1.807, 2.05) is 0 Å². The van der Waals surface area contributed by atoms with E-state index in [0.717, 1.165) is 11.0 Å². The molecule has 0 aliphatic heterocycles. The fourth-order valence-corrected chi connectivity index (χ4v) is 4.24. The van der Waals surface area contributed by atoms with Crippen molar-refractivity contribution in [3.63, 3.8) is 0 Å². The van der Waals surface area contributed by atoms with Crippen molar-refractivity contribution in [2.75, 3.05) is 26.7 Å². The predicted molar refractivity (Wildman–Crippen MR) is 139 cm³/mol. The summed E-state index contributed by atoms with van der Waals surface area (Å²) in [6.45, 7) is 8.15. The topological polar surface area (TPSA) is 57.2 Å². The highest BCUT2D eigenvalue weighted by Crippen LogP contribution is 2.13. The fraction of sp³-hybridized carbons (Fsp3) is 0.692. The number of nitrogens with zero attached hydrogens (tertiary/aromatic N) is 1. The van der Waals surface area contributed by atoms with Gasteiger partial charge < -0.3 is 9.04 Å². The Hall–Kier alpha value is -0.870. The first-order valence-electron chi connectivity index (χ1n) is 12.2. The Morgan fingerprint density at radius 1 is 0.812 bits per heavy atom. The molecule has 0 aliphatic rings. The Kier molecular flexibility index (Phi) is 19.1. The molecule has 0 saturated heterocycles. The zero-order valence-electron chi connectivity index (χ0n) is 20.5. The molecule has 1 aromatic rings. The van der Waals surface area contributed by atoms with Crippen LogP contribution in [0.15, 0.2) is 35.2 Å². The summed E-state index contributed by atoms with van der Waals surface area (Å²) in [5.74, 6) is 3.25. The summed E-state index contributed by atoms with van der Waals surface area (Å²) in [6, 6.07) is 7.19. The van der Waals surface area contributed by atoms with E-state index in [0.29, 0.717) is 0 Å². The van der Waals surface area contributed by atoms with Gasteiger partial charge in [0, 0.05) is 15.9 Å². The number of unbranched alkanes of at least 4 members (excludes halogenated alkanes) is 10. The number of halogens is 1. The molecule has 184 valence electrons. The van der Waals surface area contributed by atoms with Crippen LogP contribution < -0.4 is 0 Å². The minimum atomic E-state index is -4.25. The average molecular weight is 531 g/mol. The lowest BCUT2D eigenvalue weighted by molar-refractivity contribution is -0.903. The molecule has 0 fully saturated rings. The van der Waals surface area contributed by atoms with Crippen molar-refractivity contribution in [1.82, 2.24) is 0 Å². The van der Waals surface area contributed by atoms with Gasteiger partial charge in [0.15, 0.2) is 0 Å². The van der Waals surface area contributed by atoms with Gasteiger partial charge in [-0.05, 0) is 48.6 Å². The number of rotatable bonds is 16. The molecule has 32 heavy (non-hydrogen) atoms. The summed E-state index contributed by atoms with van der Waals surface area (Å²) in [6.07, 6.45) is 16.6. The smallest absolute Gasteiger partial charge is 0.141 e. The normalized spacial score (nSPS) is 11.3. The molecule has 0 bridgehead atoms. The van der Waals surface area contributed by atoms with Crippen molar-refractivity contribution in [3.05, 3.63) is 30.3 Å². The Bertz CT molecular complexity index is 710. The molecule has 0 unspecified atom stereocenters. The van der Waals surface area contributed by atoms with Crippen molar-refractivity contribution in [3.8, 4) is 10.8 Å². The molecule has 0 N–H and O–H groups in total. The summed E-state index contributed by atoms with van der Waals surface area (Å²) in [5, 5.41) is 0. The van der Waals surface area contributed by atoms with E-state index in [4.69, 9.17) is 0 Å². The highest BCUT2D eigenvalue weighted by Gasteiger charge is 2.19. The summed E-state index contributed by atoms with van der Waals surface area (Å²) >= 11 is 3.25. The number of hydrogen-bond donors (Lipinski definition) is 0. The summed E-state index contributed by atoms with van der Waals surface area (Å²) in [5.41, 5.74) is 0. The van der Waals surface area contributed by atoms with Gasteiger partial charge in [0.1, 0.15) is 16.7 Å². The van der Waals surface area contributed by atoms with Crippen LogP contribution in [0.4, 0.5) is 0 Å². The van der Waals surface area contributed by atoms with Gasteiger partial charge in [0.2, 0.25) is 0 Å². The molecule has 6 heteroatoms. The van der Waals surface area contributed by atoms with Crippen LogP contribution in [0.2, 0.25) is 0 Å². The Labute approximate surface area is 206 Å². The average Bonchev–Trinajstić information content (AvgIpc) is 2.78. The largest absolute Gasteiger partial charge is 0.744 e. The molecular weight excluding hydrogens is 486 g/mol. The van der Waals surface area contributed by atoms with E-state index in [-0.39, 0.29) is 4.90 Å². The summed E-state index contributed by atoms with van der Waals surface area (Å²) in [7, 11) is -1.85. The van der Waals surface area contributed by atoms with Crippen molar-refractivity contribution in [2.24, 2.45) is 0 Å². The maximum Gasteiger partial charge on any atom is 0.141 e. The molecule has 0 amide bonds. The van der Waals surface area contributed by atoms with Gasteiger partial charge in [0.05, 0.1) is 25.0 Å². The minimum absolute atomic E-state index is 0.185. The van der Waals surface area contributed by atoms with E-state index in [1.54, 1.807) is 6.07 Å². The lowest BCUT2D eigenvalue weighted by Gasteiger charge is -2.33. The standard InChI is InChI=1S/C20H39BrN.C6H6O3S/c1-4-6-8-10-12-14-18-22(3,20-16-17-21)19-15-13-11-9-7-5-2;7-10(8,9)6-4-2-1-3-5-6/h4-15,18-20H2,1-3H3;1-5H,(H,7,8,9)/q+1;/p-1. The second-order valence-corrected chi connectivity index (χ2v) is 10.6. The van der Waals surface area contributed by atoms with Crippen LogP contribution >= 0.6 is 15.9 Å². The van der Waals surface area contributed by atoms with Crippen molar-refractivity contribution in [2.45, 2.75) is 95.8 Å². The predicted octanol–water partition coefficient (Wildman–Crippen LogP) is 7.10.